The van der Waals surface area contributed by atoms with Crippen molar-refractivity contribution in [2.45, 2.75) is 20.4 Å². The smallest absolute Gasteiger partial charge is 0.356 e. The van der Waals surface area contributed by atoms with Crippen molar-refractivity contribution >= 4 is 23.5 Å². The molecule has 0 bridgehead atoms. The lowest BCUT2D eigenvalue weighted by atomic mass is 10.2. The number of aromatic nitrogens is 4. The maximum Gasteiger partial charge on any atom is 0.356 e. The zero-order valence-corrected chi connectivity index (χ0v) is 16.7. The number of aryl methyl sites for hydroxylation is 2. The molecule has 3 heterocycles. The molecule has 0 atom stereocenters. The molecule has 2 amide bonds. The molecule has 1 aliphatic rings. The van der Waals surface area contributed by atoms with Crippen LogP contribution in [0.1, 0.15) is 45.3 Å². The molecule has 0 unspecified atom stereocenters. The van der Waals surface area contributed by atoms with Gasteiger partial charge >= 0.3 is 5.97 Å². The number of morpholine rings is 1. The number of amides is 2. The molecule has 1 fully saturated rings. The molecule has 1 aliphatic heterocycles. The largest absolute Gasteiger partial charge is 0.461 e. The predicted molar refractivity (Wildman–Crippen MR) is 102 cm³/mol. The molecule has 0 saturated carbocycles. The van der Waals surface area contributed by atoms with Crippen LogP contribution in [0, 0.1) is 0 Å². The van der Waals surface area contributed by atoms with Gasteiger partial charge < -0.3 is 19.7 Å². The molecule has 0 aliphatic carbocycles. The predicted octanol–water partition coefficient (Wildman–Crippen LogP) is 0.538. The fraction of sp³-hybridized carbons (Fsp3) is 0.500. The standard InChI is InChI=1S/C18H24N6O5/c1-4-24-15(17(26)23-6-8-28-9-7-23)13(11-19-24)20-16(25)12-10-14(22(3)21-12)18(27)29-5-2/h10-11H,4-9H2,1-3H3,(H,20,25). The highest BCUT2D eigenvalue weighted by Gasteiger charge is 2.27. The lowest BCUT2D eigenvalue weighted by molar-refractivity contribution is 0.0295. The first-order valence-electron chi connectivity index (χ1n) is 9.41. The Morgan fingerprint density at radius 1 is 1.24 bits per heavy atom. The van der Waals surface area contributed by atoms with Gasteiger partial charge in [0, 0.05) is 32.7 Å². The van der Waals surface area contributed by atoms with Crippen LogP contribution in [0.15, 0.2) is 12.3 Å². The molecule has 11 heteroatoms. The maximum atomic E-state index is 13.0. The molecule has 0 aromatic carbocycles. The second-order valence-electron chi connectivity index (χ2n) is 6.34. The molecule has 2 aromatic rings. The number of nitrogens with zero attached hydrogens (tertiary/aromatic N) is 5. The first kappa shape index (κ1) is 20.5. The molecule has 11 nitrogen and oxygen atoms in total. The minimum absolute atomic E-state index is 0.0320. The number of carbonyl (C=O) groups is 3. The number of rotatable bonds is 6. The number of hydrogen-bond donors (Lipinski definition) is 1. The van der Waals surface area contributed by atoms with Crippen molar-refractivity contribution in [1.82, 2.24) is 24.5 Å². The molecule has 0 spiro atoms. The van der Waals surface area contributed by atoms with Gasteiger partial charge in [-0.25, -0.2) is 4.79 Å². The van der Waals surface area contributed by atoms with Gasteiger partial charge in [-0.2, -0.15) is 10.2 Å². The number of hydrogen-bond acceptors (Lipinski definition) is 7. The summed E-state index contributed by atoms with van der Waals surface area (Å²) in [6.07, 6.45) is 1.43. The summed E-state index contributed by atoms with van der Waals surface area (Å²) in [5, 5.41) is 10.9. The normalized spacial score (nSPS) is 14.0. The Kier molecular flexibility index (Phi) is 6.27. The van der Waals surface area contributed by atoms with E-state index in [2.05, 4.69) is 15.5 Å². The molecule has 29 heavy (non-hydrogen) atoms. The average Bonchev–Trinajstić information content (AvgIpc) is 3.31. The van der Waals surface area contributed by atoms with Crippen molar-refractivity contribution in [1.29, 1.82) is 0 Å². The minimum Gasteiger partial charge on any atom is -0.461 e. The van der Waals surface area contributed by atoms with Crippen LogP contribution in [0.25, 0.3) is 0 Å². The van der Waals surface area contributed by atoms with Crippen molar-refractivity contribution < 1.29 is 23.9 Å². The first-order chi connectivity index (χ1) is 14.0. The van der Waals surface area contributed by atoms with Crippen LogP contribution in [-0.2, 0) is 23.1 Å². The summed E-state index contributed by atoms with van der Waals surface area (Å²) >= 11 is 0. The van der Waals surface area contributed by atoms with Gasteiger partial charge in [-0.15, -0.1) is 0 Å². The van der Waals surface area contributed by atoms with E-state index in [0.29, 0.717) is 38.5 Å². The highest BCUT2D eigenvalue weighted by molar-refractivity contribution is 6.08. The van der Waals surface area contributed by atoms with Crippen molar-refractivity contribution in [3.63, 3.8) is 0 Å². The molecule has 156 valence electrons. The Labute approximate surface area is 167 Å². The zero-order valence-electron chi connectivity index (χ0n) is 16.7. The van der Waals surface area contributed by atoms with Crippen LogP contribution in [0.2, 0.25) is 0 Å². The summed E-state index contributed by atoms with van der Waals surface area (Å²) in [7, 11) is 1.55. The third-order valence-corrected chi connectivity index (χ3v) is 4.49. The third-order valence-electron chi connectivity index (χ3n) is 4.49. The maximum absolute atomic E-state index is 13.0. The lowest BCUT2D eigenvalue weighted by Gasteiger charge is -2.27. The van der Waals surface area contributed by atoms with Crippen molar-refractivity contribution in [3.05, 3.63) is 29.3 Å². The molecule has 2 aromatic heterocycles. The number of carbonyl (C=O) groups excluding carboxylic acids is 3. The van der Waals surface area contributed by atoms with Crippen LogP contribution < -0.4 is 5.32 Å². The fourth-order valence-electron chi connectivity index (χ4n) is 3.02. The lowest BCUT2D eigenvalue weighted by Crippen LogP contribution is -2.41. The fourth-order valence-corrected chi connectivity index (χ4v) is 3.02. The summed E-state index contributed by atoms with van der Waals surface area (Å²) in [6, 6.07) is 1.35. The van der Waals surface area contributed by atoms with Crippen LogP contribution in [-0.4, -0.2) is 75.2 Å². The summed E-state index contributed by atoms with van der Waals surface area (Å²) in [6.45, 7) is 6.14. The highest BCUT2D eigenvalue weighted by atomic mass is 16.5. The Morgan fingerprint density at radius 2 is 1.97 bits per heavy atom. The van der Waals surface area contributed by atoms with E-state index in [1.807, 2.05) is 6.92 Å². The van der Waals surface area contributed by atoms with Gasteiger partial charge in [0.2, 0.25) is 0 Å². The van der Waals surface area contributed by atoms with Crippen LogP contribution in [0.5, 0.6) is 0 Å². The number of anilines is 1. The third kappa shape index (κ3) is 4.29. The SMILES string of the molecule is CCOC(=O)c1cc(C(=O)Nc2cnn(CC)c2C(=O)N2CCOCC2)nn1C. The van der Waals surface area contributed by atoms with Crippen LogP contribution >= 0.6 is 0 Å². The topological polar surface area (TPSA) is 121 Å². The number of ether oxygens (including phenoxy) is 2. The molecular weight excluding hydrogens is 380 g/mol. The second kappa shape index (κ2) is 8.86. The Hall–Kier alpha value is -3.21. The molecule has 0 radical (unpaired) electrons. The van der Waals surface area contributed by atoms with E-state index in [1.165, 1.54) is 21.6 Å². The molecular formula is C18H24N6O5. The van der Waals surface area contributed by atoms with Gasteiger partial charge in [0.25, 0.3) is 11.8 Å². The Bertz CT molecular complexity index is 912. The number of esters is 1. The van der Waals surface area contributed by atoms with Crippen molar-refractivity contribution in [2.24, 2.45) is 7.05 Å². The van der Waals surface area contributed by atoms with E-state index in [4.69, 9.17) is 9.47 Å². The van der Waals surface area contributed by atoms with E-state index in [0.717, 1.165) is 0 Å². The van der Waals surface area contributed by atoms with E-state index in [9.17, 15) is 14.4 Å². The highest BCUT2D eigenvalue weighted by Crippen LogP contribution is 2.19. The quantitative estimate of drug-likeness (QED) is 0.698. The summed E-state index contributed by atoms with van der Waals surface area (Å²) in [5.41, 5.74) is 0.774. The van der Waals surface area contributed by atoms with Gasteiger partial charge in [-0.1, -0.05) is 0 Å². The monoisotopic (exact) mass is 404 g/mol. The second-order valence-corrected chi connectivity index (χ2v) is 6.34. The van der Waals surface area contributed by atoms with Gasteiger partial charge in [0.1, 0.15) is 11.4 Å². The van der Waals surface area contributed by atoms with Gasteiger partial charge in [-0.05, 0) is 13.8 Å². The van der Waals surface area contributed by atoms with Crippen molar-refractivity contribution in [3.8, 4) is 0 Å². The molecule has 1 saturated heterocycles. The van der Waals surface area contributed by atoms with Crippen LogP contribution in [0.3, 0.4) is 0 Å². The number of nitrogens with one attached hydrogen (secondary N) is 1. The van der Waals surface area contributed by atoms with Gasteiger partial charge in [-0.3, -0.25) is 19.0 Å². The van der Waals surface area contributed by atoms with E-state index in [-0.39, 0.29) is 29.6 Å². The molecule has 3 rings (SSSR count). The summed E-state index contributed by atoms with van der Waals surface area (Å²) in [5.74, 6) is -1.34. The van der Waals surface area contributed by atoms with Gasteiger partial charge in [0.15, 0.2) is 5.69 Å². The van der Waals surface area contributed by atoms with E-state index in [1.54, 1.807) is 18.9 Å². The van der Waals surface area contributed by atoms with E-state index >= 15 is 0 Å². The minimum atomic E-state index is -0.566. The summed E-state index contributed by atoms with van der Waals surface area (Å²) < 4.78 is 13.1. The summed E-state index contributed by atoms with van der Waals surface area (Å²) in [4.78, 5) is 39.3. The van der Waals surface area contributed by atoms with Crippen molar-refractivity contribution in [2.75, 3.05) is 38.2 Å². The van der Waals surface area contributed by atoms with E-state index < -0.39 is 11.9 Å². The zero-order chi connectivity index (χ0) is 21.0. The molecule has 1 N–H and O–H groups in total. The average molecular weight is 404 g/mol. The Balaban J connectivity index is 1.82. The van der Waals surface area contributed by atoms with Gasteiger partial charge in [0.05, 0.1) is 31.7 Å². The first-order valence-corrected chi connectivity index (χ1v) is 9.41. The van der Waals surface area contributed by atoms with Crippen LogP contribution in [0.4, 0.5) is 5.69 Å². The Morgan fingerprint density at radius 3 is 2.62 bits per heavy atom.